The lowest BCUT2D eigenvalue weighted by Gasteiger charge is -2.19. The van der Waals surface area contributed by atoms with Gasteiger partial charge in [0.15, 0.2) is 5.65 Å². The number of nitrogens with zero attached hydrogens (tertiary/aromatic N) is 3. The Bertz CT molecular complexity index is 1450. The van der Waals surface area contributed by atoms with Crippen molar-refractivity contribution in [1.29, 1.82) is 5.26 Å². The minimum Gasteiger partial charge on any atom is -0.508 e. The predicted molar refractivity (Wildman–Crippen MR) is 123 cm³/mol. The molecule has 2 N–H and O–H groups in total. The Morgan fingerprint density at radius 1 is 0.968 bits per heavy atom. The van der Waals surface area contributed by atoms with Gasteiger partial charge in [-0.2, -0.15) is 5.26 Å². The summed E-state index contributed by atoms with van der Waals surface area (Å²) < 4.78 is 2.03. The Kier molecular flexibility index (Phi) is 4.53. The highest BCUT2D eigenvalue weighted by molar-refractivity contribution is 5.87. The summed E-state index contributed by atoms with van der Waals surface area (Å²) >= 11 is 0. The smallest absolute Gasteiger partial charge is 0.157 e. The first-order valence-corrected chi connectivity index (χ1v) is 10.1. The topological polar surface area (TPSA) is 73.3 Å². The fourth-order valence-corrected chi connectivity index (χ4v) is 4.01. The van der Waals surface area contributed by atoms with E-state index in [1.165, 1.54) is 0 Å². The highest BCUT2D eigenvalue weighted by atomic mass is 16.3. The molecule has 150 valence electrons. The van der Waals surface area contributed by atoms with Crippen LogP contribution in [-0.2, 0) is 6.42 Å². The van der Waals surface area contributed by atoms with Gasteiger partial charge in [0.05, 0.1) is 16.6 Å². The quantitative estimate of drug-likeness (QED) is 0.377. The van der Waals surface area contributed by atoms with Crippen LogP contribution >= 0.6 is 0 Å². The summed E-state index contributed by atoms with van der Waals surface area (Å²) in [6.07, 6.45) is 0.671. The van der Waals surface area contributed by atoms with Crippen LogP contribution in [0.2, 0.25) is 0 Å². The number of para-hydroxylation sites is 2. The molecule has 0 fully saturated rings. The molecule has 0 aliphatic heterocycles. The zero-order valence-electron chi connectivity index (χ0n) is 17.0. The largest absolute Gasteiger partial charge is 0.508 e. The number of fused-ring (bicyclic) bond motifs is 3. The molecule has 0 saturated heterocycles. The number of pyridine rings is 1. The van der Waals surface area contributed by atoms with E-state index in [1.807, 2.05) is 65.9 Å². The number of phenolic OH excluding ortho intramolecular Hbond substituents is 1. The normalized spacial score (nSPS) is 11.0. The molecule has 5 nitrogen and oxygen atoms in total. The van der Waals surface area contributed by atoms with Crippen molar-refractivity contribution in [2.24, 2.45) is 0 Å². The van der Waals surface area contributed by atoms with E-state index in [2.05, 4.69) is 23.5 Å². The molecule has 0 saturated carbocycles. The molecule has 0 spiro atoms. The lowest BCUT2D eigenvalue weighted by molar-refractivity contribution is 0.475. The summed E-state index contributed by atoms with van der Waals surface area (Å²) in [6.45, 7) is 1.98. The van der Waals surface area contributed by atoms with E-state index in [0.717, 1.165) is 39.2 Å². The number of nitrogens with one attached hydrogen (secondary N) is 1. The van der Waals surface area contributed by atoms with Crippen LogP contribution in [-0.4, -0.2) is 14.5 Å². The molecule has 2 heterocycles. The minimum atomic E-state index is 0.212. The van der Waals surface area contributed by atoms with Crippen LogP contribution in [0.15, 0.2) is 78.9 Å². The number of hydrogen-bond acceptors (Lipinski definition) is 4. The Morgan fingerprint density at radius 2 is 1.68 bits per heavy atom. The van der Waals surface area contributed by atoms with Gasteiger partial charge in [-0.3, -0.25) is 4.40 Å². The van der Waals surface area contributed by atoms with Crippen molar-refractivity contribution in [3.63, 3.8) is 0 Å². The van der Waals surface area contributed by atoms with Gasteiger partial charge in [0.25, 0.3) is 0 Å². The molecule has 0 amide bonds. The first-order valence-electron chi connectivity index (χ1n) is 10.1. The van der Waals surface area contributed by atoms with Gasteiger partial charge in [-0.05, 0) is 54.4 Å². The molecule has 0 unspecified atom stereocenters. The maximum atomic E-state index is 9.99. The second-order valence-corrected chi connectivity index (χ2v) is 7.53. The number of nitriles is 1. The molecule has 0 aliphatic rings. The van der Waals surface area contributed by atoms with Gasteiger partial charge in [0.1, 0.15) is 17.6 Å². The van der Waals surface area contributed by atoms with E-state index in [9.17, 15) is 10.4 Å². The van der Waals surface area contributed by atoms with E-state index in [-0.39, 0.29) is 5.75 Å². The Morgan fingerprint density at radius 3 is 2.42 bits per heavy atom. The Hall–Kier alpha value is -4.30. The highest BCUT2D eigenvalue weighted by Gasteiger charge is 2.21. The van der Waals surface area contributed by atoms with E-state index < -0.39 is 0 Å². The molecule has 0 bridgehead atoms. The average Bonchev–Trinajstić information content (AvgIpc) is 3.17. The number of phenols is 1. The molecular formula is C26H20N4O. The fourth-order valence-electron chi connectivity index (χ4n) is 4.01. The van der Waals surface area contributed by atoms with Crippen LogP contribution < -0.4 is 5.32 Å². The average molecular weight is 404 g/mol. The first kappa shape index (κ1) is 18.7. The van der Waals surface area contributed by atoms with Crippen molar-refractivity contribution in [2.75, 3.05) is 5.32 Å². The Labute approximate surface area is 179 Å². The molecule has 0 atom stereocenters. The van der Waals surface area contributed by atoms with Crippen LogP contribution in [0.1, 0.15) is 22.3 Å². The summed E-state index contributed by atoms with van der Waals surface area (Å²) in [5.74, 6) is 1.08. The summed E-state index contributed by atoms with van der Waals surface area (Å²) in [4.78, 5) is 4.77. The van der Waals surface area contributed by atoms with Crippen molar-refractivity contribution >= 4 is 28.2 Å². The van der Waals surface area contributed by atoms with Crippen LogP contribution in [0.4, 0.5) is 11.5 Å². The van der Waals surface area contributed by atoms with Gasteiger partial charge < -0.3 is 10.4 Å². The fraction of sp³-hybridized carbons (Fsp3) is 0.0769. The molecule has 5 rings (SSSR count). The Balaban J connectivity index is 1.83. The van der Waals surface area contributed by atoms with Gasteiger partial charge in [-0.1, -0.05) is 42.5 Å². The molecule has 0 radical (unpaired) electrons. The van der Waals surface area contributed by atoms with Gasteiger partial charge in [-0.15, -0.1) is 0 Å². The van der Waals surface area contributed by atoms with Gasteiger partial charge in [0, 0.05) is 17.7 Å². The molecule has 31 heavy (non-hydrogen) atoms. The molecule has 0 aliphatic carbocycles. The van der Waals surface area contributed by atoms with E-state index in [4.69, 9.17) is 4.98 Å². The van der Waals surface area contributed by atoms with Crippen molar-refractivity contribution in [1.82, 2.24) is 9.38 Å². The summed E-state index contributed by atoms with van der Waals surface area (Å²) in [7, 11) is 0. The maximum Gasteiger partial charge on any atom is 0.157 e. The van der Waals surface area contributed by atoms with Gasteiger partial charge in [0.2, 0.25) is 0 Å². The van der Waals surface area contributed by atoms with E-state index in [0.29, 0.717) is 17.6 Å². The van der Waals surface area contributed by atoms with Crippen molar-refractivity contribution in [3.05, 3.63) is 101 Å². The third kappa shape index (κ3) is 3.24. The van der Waals surface area contributed by atoms with E-state index >= 15 is 0 Å². The zero-order valence-corrected chi connectivity index (χ0v) is 17.0. The highest BCUT2D eigenvalue weighted by Crippen LogP contribution is 2.34. The molecular weight excluding hydrogens is 384 g/mol. The van der Waals surface area contributed by atoms with Crippen molar-refractivity contribution in [2.45, 2.75) is 13.3 Å². The van der Waals surface area contributed by atoms with Crippen LogP contribution in [0.25, 0.3) is 16.7 Å². The van der Waals surface area contributed by atoms with Gasteiger partial charge in [-0.25, -0.2) is 4.98 Å². The number of benzene rings is 3. The molecule has 3 aromatic carbocycles. The summed E-state index contributed by atoms with van der Waals surface area (Å²) in [5.41, 5.74) is 6.94. The molecule has 2 aromatic heterocycles. The second kappa shape index (κ2) is 7.51. The van der Waals surface area contributed by atoms with Gasteiger partial charge >= 0.3 is 0 Å². The van der Waals surface area contributed by atoms with Crippen LogP contribution in [0.3, 0.4) is 0 Å². The van der Waals surface area contributed by atoms with Crippen LogP contribution in [0.5, 0.6) is 5.75 Å². The number of hydrogen-bond donors (Lipinski definition) is 2. The lowest BCUT2D eigenvalue weighted by Crippen LogP contribution is -2.09. The van der Waals surface area contributed by atoms with Crippen molar-refractivity contribution in [3.8, 4) is 11.8 Å². The first-order chi connectivity index (χ1) is 15.2. The van der Waals surface area contributed by atoms with Crippen molar-refractivity contribution < 1.29 is 5.11 Å². The molecule has 5 heteroatoms. The maximum absolute atomic E-state index is 9.99. The summed E-state index contributed by atoms with van der Waals surface area (Å²) in [5, 5.41) is 23.2. The zero-order chi connectivity index (χ0) is 21.4. The number of aromatic nitrogens is 2. The second-order valence-electron chi connectivity index (χ2n) is 7.53. The van der Waals surface area contributed by atoms with Crippen LogP contribution in [0, 0.1) is 18.3 Å². The van der Waals surface area contributed by atoms with E-state index in [1.54, 1.807) is 12.1 Å². The number of aromatic hydroxyl groups is 1. The minimum absolute atomic E-state index is 0.212. The summed E-state index contributed by atoms with van der Waals surface area (Å²) in [6, 6.07) is 27.5. The monoisotopic (exact) mass is 404 g/mol. The molecule has 5 aromatic rings. The third-order valence-electron chi connectivity index (χ3n) is 5.59. The lowest BCUT2D eigenvalue weighted by atomic mass is 9.97. The standard InChI is InChI=1S/C26H20N4O/c1-17-21(15-18-7-3-2-4-8-18)25(28-19-11-13-20(31)14-12-19)30-24-10-6-5-9-23(24)29-26(30)22(17)16-27/h2-14,28,31H,15H2,1H3. The predicted octanol–water partition coefficient (Wildman–Crippen LogP) is 5.71. The third-order valence-corrected chi connectivity index (χ3v) is 5.59. The number of anilines is 2. The number of imidazole rings is 1. The number of rotatable bonds is 4. The SMILES string of the molecule is Cc1c(Cc2ccccc2)c(Nc2ccc(O)cc2)n2c(nc3ccccc32)c1C#N.